The van der Waals surface area contributed by atoms with E-state index in [2.05, 4.69) is 5.32 Å². The van der Waals surface area contributed by atoms with Gasteiger partial charge in [0.15, 0.2) is 0 Å². The van der Waals surface area contributed by atoms with Crippen molar-refractivity contribution in [3.05, 3.63) is 0 Å². The molecule has 0 aliphatic rings. The average Bonchev–Trinajstić information content (AvgIpc) is 2.22. The van der Waals surface area contributed by atoms with Gasteiger partial charge in [0, 0.05) is 13.6 Å². The molecule has 2 amide bonds. The lowest BCUT2D eigenvalue weighted by Crippen LogP contribution is -2.51. The standard InChI is InChI=1S/C12H25N3O2/c1-6-7-14-9(16)8-15(5)11(17)10(13)12(2,3)4/h10H,6-8,13H2,1-5H3,(H,14,16)/t10-/m0/s1. The van der Waals surface area contributed by atoms with Gasteiger partial charge in [-0.15, -0.1) is 0 Å². The van der Waals surface area contributed by atoms with Gasteiger partial charge in [0.05, 0.1) is 12.6 Å². The van der Waals surface area contributed by atoms with Crippen LogP contribution in [0.2, 0.25) is 0 Å². The van der Waals surface area contributed by atoms with Crippen LogP contribution in [0.15, 0.2) is 0 Å². The molecule has 0 saturated heterocycles. The van der Waals surface area contributed by atoms with E-state index >= 15 is 0 Å². The summed E-state index contributed by atoms with van der Waals surface area (Å²) in [4.78, 5) is 24.7. The molecule has 5 heteroatoms. The van der Waals surface area contributed by atoms with Crippen LogP contribution in [0, 0.1) is 5.41 Å². The maximum Gasteiger partial charge on any atom is 0.240 e. The van der Waals surface area contributed by atoms with Crippen molar-refractivity contribution in [2.45, 2.75) is 40.2 Å². The van der Waals surface area contributed by atoms with Gasteiger partial charge in [-0.1, -0.05) is 27.7 Å². The fourth-order valence-corrected chi connectivity index (χ4v) is 1.22. The Morgan fingerprint density at radius 1 is 1.35 bits per heavy atom. The van der Waals surface area contributed by atoms with E-state index in [0.29, 0.717) is 6.54 Å². The Morgan fingerprint density at radius 3 is 2.29 bits per heavy atom. The molecule has 0 spiro atoms. The number of nitrogens with one attached hydrogen (secondary N) is 1. The van der Waals surface area contributed by atoms with E-state index in [1.165, 1.54) is 4.90 Å². The Bertz CT molecular complexity index is 271. The first-order valence-corrected chi connectivity index (χ1v) is 5.97. The molecule has 0 unspecified atom stereocenters. The number of hydrogen-bond acceptors (Lipinski definition) is 3. The Kier molecular flexibility index (Phi) is 6.16. The van der Waals surface area contributed by atoms with Crippen molar-refractivity contribution in [2.75, 3.05) is 20.1 Å². The first kappa shape index (κ1) is 15.9. The highest BCUT2D eigenvalue weighted by atomic mass is 16.2. The van der Waals surface area contributed by atoms with E-state index in [9.17, 15) is 9.59 Å². The van der Waals surface area contributed by atoms with Crippen LogP contribution in [0.1, 0.15) is 34.1 Å². The second-order valence-electron chi connectivity index (χ2n) is 5.39. The molecule has 0 radical (unpaired) electrons. The van der Waals surface area contributed by atoms with Crippen LogP contribution in [0.3, 0.4) is 0 Å². The van der Waals surface area contributed by atoms with Gasteiger partial charge >= 0.3 is 0 Å². The third-order valence-corrected chi connectivity index (χ3v) is 2.53. The average molecular weight is 243 g/mol. The summed E-state index contributed by atoms with van der Waals surface area (Å²) in [5.74, 6) is -0.354. The molecule has 0 fully saturated rings. The molecule has 0 saturated carbocycles. The SMILES string of the molecule is CCCNC(=O)CN(C)C(=O)[C@H](N)C(C)(C)C. The van der Waals surface area contributed by atoms with E-state index in [4.69, 9.17) is 5.73 Å². The molecule has 0 aromatic carbocycles. The van der Waals surface area contributed by atoms with Crippen LogP contribution in [-0.4, -0.2) is 42.9 Å². The number of nitrogens with zero attached hydrogens (tertiary/aromatic N) is 1. The highest BCUT2D eigenvalue weighted by Crippen LogP contribution is 2.18. The minimum atomic E-state index is -0.591. The molecular weight excluding hydrogens is 218 g/mol. The predicted molar refractivity (Wildman–Crippen MR) is 68.4 cm³/mol. The summed E-state index contributed by atoms with van der Waals surface area (Å²) in [5.41, 5.74) is 5.55. The zero-order valence-electron chi connectivity index (χ0n) is 11.5. The Morgan fingerprint density at radius 2 is 1.88 bits per heavy atom. The summed E-state index contributed by atoms with van der Waals surface area (Å²) in [6.45, 7) is 8.38. The highest BCUT2D eigenvalue weighted by Gasteiger charge is 2.30. The number of carbonyl (C=O) groups is 2. The Balaban J connectivity index is 4.27. The summed E-state index contributed by atoms with van der Waals surface area (Å²) < 4.78 is 0. The van der Waals surface area contributed by atoms with Gasteiger partial charge in [-0.05, 0) is 11.8 Å². The minimum absolute atomic E-state index is 0.0581. The van der Waals surface area contributed by atoms with Crippen LogP contribution in [0.25, 0.3) is 0 Å². The molecule has 100 valence electrons. The molecule has 0 heterocycles. The quantitative estimate of drug-likeness (QED) is 0.731. The lowest BCUT2D eigenvalue weighted by atomic mass is 9.86. The highest BCUT2D eigenvalue weighted by molar-refractivity contribution is 5.87. The monoisotopic (exact) mass is 243 g/mol. The van der Waals surface area contributed by atoms with Crippen LogP contribution in [0.5, 0.6) is 0 Å². The van der Waals surface area contributed by atoms with Gasteiger partial charge in [0.1, 0.15) is 0 Å². The first-order valence-electron chi connectivity index (χ1n) is 5.97. The zero-order valence-corrected chi connectivity index (χ0v) is 11.5. The molecule has 0 aromatic rings. The summed E-state index contributed by atoms with van der Waals surface area (Å²) in [5, 5.41) is 2.72. The van der Waals surface area contributed by atoms with E-state index in [1.807, 2.05) is 27.7 Å². The minimum Gasteiger partial charge on any atom is -0.355 e. The molecule has 0 aliphatic carbocycles. The lowest BCUT2D eigenvalue weighted by Gasteiger charge is -2.29. The van der Waals surface area contributed by atoms with Crippen molar-refractivity contribution in [1.29, 1.82) is 0 Å². The maximum absolute atomic E-state index is 11.9. The Hall–Kier alpha value is -1.10. The summed E-state index contributed by atoms with van der Waals surface area (Å²) in [7, 11) is 1.60. The van der Waals surface area contributed by atoms with Gasteiger partial charge in [-0.3, -0.25) is 9.59 Å². The van der Waals surface area contributed by atoms with Crippen molar-refractivity contribution < 1.29 is 9.59 Å². The molecule has 0 bridgehead atoms. The number of hydrogen-bond donors (Lipinski definition) is 2. The molecule has 1 atom stereocenters. The second-order valence-corrected chi connectivity index (χ2v) is 5.39. The van der Waals surface area contributed by atoms with Crippen LogP contribution >= 0.6 is 0 Å². The van der Waals surface area contributed by atoms with Crippen molar-refractivity contribution in [2.24, 2.45) is 11.1 Å². The number of carbonyl (C=O) groups excluding carboxylic acids is 2. The molecule has 0 rings (SSSR count). The van der Waals surface area contributed by atoms with Gasteiger partial charge in [-0.2, -0.15) is 0 Å². The van der Waals surface area contributed by atoms with Crippen LogP contribution in [-0.2, 0) is 9.59 Å². The van der Waals surface area contributed by atoms with Gasteiger partial charge < -0.3 is 16.0 Å². The largest absolute Gasteiger partial charge is 0.355 e. The number of rotatable bonds is 5. The van der Waals surface area contributed by atoms with Crippen molar-refractivity contribution in [1.82, 2.24) is 10.2 Å². The summed E-state index contributed by atoms with van der Waals surface area (Å²) >= 11 is 0. The van der Waals surface area contributed by atoms with E-state index in [0.717, 1.165) is 6.42 Å². The third-order valence-electron chi connectivity index (χ3n) is 2.53. The summed E-state index contributed by atoms with van der Waals surface area (Å²) in [6, 6.07) is -0.591. The summed E-state index contributed by atoms with van der Waals surface area (Å²) in [6.07, 6.45) is 0.880. The molecule has 3 N–H and O–H groups in total. The normalized spacial score (nSPS) is 13.1. The van der Waals surface area contributed by atoms with Gasteiger partial charge in [-0.25, -0.2) is 0 Å². The molecule has 0 aliphatic heterocycles. The Labute approximate surface area is 104 Å². The first-order chi connectivity index (χ1) is 7.70. The molecule has 0 aromatic heterocycles. The van der Waals surface area contributed by atoms with Crippen LogP contribution in [0.4, 0.5) is 0 Å². The van der Waals surface area contributed by atoms with E-state index < -0.39 is 6.04 Å². The number of nitrogens with two attached hydrogens (primary N) is 1. The molecular formula is C12H25N3O2. The van der Waals surface area contributed by atoms with E-state index in [-0.39, 0.29) is 23.8 Å². The molecule has 17 heavy (non-hydrogen) atoms. The third kappa shape index (κ3) is 5.68. The lowest BCUT2D eigenvalue weighted by molar-refractivity contribution is -0.137. The fraction of sp³-hybridized carbons (Fsp3) is 0.833. The van der Waals surface area contributed by atoms with E-state index in [1.54, 1.807) is 7.05 Å². The van der Waals surface area contributed by atoms with Crippen molar-refractivity contribution in [3.63, 3.8) is 0 Å². The maximum atomic E-state index is 11.9. The van der Waals surface area contributed by atoms with Crippen molar-refractivity contribution in [3.8, 4) is 0 Å². The smallest absolute Gasteiger partial charge is 0.240 e. The number of likely N-dealkylation sites (N-methyl/N-ethyl adjacent to an activating group) is 1. The van der Waals surface area contributed by atoms with Gasteiger partial charge in [0.25, 0.3) is 0 Å². The topological polar surface area (TPSA) is 75.4 Å². The fourth-order valence-electron chi connectivity index (χ4n) is 1.22. The number of amides is 2. The second kappa shape index (κ2) is 6.59. The predicted octanol–water partition coefficient (Wildman–Crippen LogP) is 0.344. The zero-order chi connectivity index (χ0) is 13.6. The van der Waals surface area contributed by atoms with Crippen molar-refractivity contribution >= 4 is 11.8 Å². The van der Waals surface area contributed by atoms with Gasteiger partial charge in [0.2, 0.25) is 11.8 Å². The molecule has 5 nitrogen and oxygen atoms in total. The van der Waals surface area contributed by atoms with Crippen LogP contribution < -0.4 is 11.1 Å².